The van der Waals surface area contributed by atoms with Gasteiger partial charge in [-0.15, -0.1) is 0 Å². The molecule has 42 heavy (non-hydrogen) atoms. The molecule has 3 aliphatic rings. The number of rotatable bonds is 10. The molecule has 2 aromatic carbocycles. The highest BCUT2D eigenvalue weighted by Gasteiger charge is 2.77. The summed E-state index contributed by atoms with van der Waals surface area (Å²) in [7, 11) is 0. The molecule has 9 nitrogen and oxygen atoms in total. The summed E-state index contributed by atoms with van der Waals surface area (Å²) < 4.78 is 12.1. The van der Waals surface area contributed by atoms with Crippen molar-refractivity contribution in [3.63, 3.8) is 0 Å². The van der Waals surface area contributed by atoms with Gasteiger partial charge in [-0.3, -0.25) is 14.4 Å². The van der Waals surface area contributed by atoms with Gasteiger partial charge in [0.1, 0.15) is 17.4 Å². The van der Waals surface area contributed by atoms with E-state index < -0.39 is 35.6 Å². The summed E-state index contributed by atoms with van der Waals surface area (Å²) >= 11 is 3.71. The van der Waals surface area contributed by atoms with E-state index in [1.54, 1.807) is 24.3 Å². The lowest BCUT2D eigenvalue weighted by Crippen LogP contribution is -2.57. The van der Waals surface area contributed by atoms with Crippen LogP contribution in [0.25, 0.3) is 0 Å². The van der Waals surface area contributed by atoms with Gasteiger partial charge in [-0.05, 0) is 81.0 Å². The molecule has 3 fully saturated rings. The highest BCUT2D eigenvalue weighted by molar-refractivity contribution is 9.09. The molecule has 0 radical (unpaired) electrons. The zero-order chi connectivity index (χ0) is 30.3. The molecule has 0 saturated carbocycles. The van der Waals surface area contributed by atoms with E-state index in [0.717, 1.165) is 11.1 Å². The first-order chi connectivity index (χ1) is 20.0. The van der Waals surface area contributed by atoms with Crippen molar-refractivity contribution in [2.75, 3.05) is 23.8 Å². The third-order valence-electron chi connectivity index (χ3n) is 8.71. The second kappa shape index (κ2) is 12.0. The van der Waals surface area contributed by atoms with Gasteiger partial charge in [0, 0.05) is 16.2 Å². The Morgan fingerprint density at radius 3 is 2.50 bits per heavy atom. The number of anilines is 2. The van der Waals surface area contributed by atoms with Crippen LogP contribution in [0.15, 0.2) is 42.5 Å². The Balaban J connectivity index is 1.51. The lowest BCUT2D eigenvalue weighted by molar-refractivity contribution is -0.143. The number of nitrogens with one attached hydrogen (secondary N) is 2. The molecule has 10 heteroatoms. The van der Waals surface area contributed by atoms with Crippen molar-refractivity contribution in [3.05, 3.63) is 53.6 Å². The topological polar surface area (TPSA) is 117 Å². The van der Waals surface area contributed by atoms with Crippen molar-refractivity contribution >= 4 is 45.0 Å². The van der Waals surface area contributed by atoms with E-state index in [2.05, 4.69) is 26.6 Å². The highest BCUT2D eigenvalue weighted by atomic mass is 79.9. The summed E-state index contributed by atoms with van der Waals surface area (Å²) in [6, 6.07) is 11.3. The molecule has 3 aliphatic heterocycles. The number of aliphatic hydroxyl groups excluding tert-OH is 1. The number of hydrogen-bond donors (Lipinski definition) is 3. The van der Waals surface area contributed by atoms with Gasteiger partial charge in [0.05, 0.1) is 37.2 Å². The first-order valence-electron chi connectivity index (χ1n) is 14.7. The normalized spacial score (nSPS) is 28.6. The van der Waals surface area contributed by atoms with Crippen LogP contribution in [0, 0.1) is 31.6 Å². The van der Waals surface area contributed by atoms with Crippen LogP contribution < -0.4 is 15.4 Å². The number of carbonyl (C=O) groups is 3. The number of aliphatic hydroxyl groups is 1. The standard InChI is InChI=1S/C32H40BrN3O6/c1-6-41-22-11-9-20(10-12-22)34-29(38)25-26-31(40)36(21(16-37)13-17(2)3)28(32(26)15-23(33)27(25)42-32)30(39)35-24-14-18(4)7-8-19(24)5/h7-12,14,17,21,23,25-28,37H,6,13,15-16H2,1-5H3,(H,34,38)(H,35,39)/t21-,23?,25-,26+,27-,28?,32?/m1/s1. The van der Waals surface area contributed by atoms with E-state index in [4.69, 9.17) is 9.47 Å². The van der Waals surface area contributed by atoms with Crippen LogP contribution in [0.3, 0.4) is 0 Å². The molecule has 7 atom stereocenters. The minimum absolute atomic E-state index is 0.163. The van der Waals surface area contributed by atoms with Crippen molar-refractivity contribution in [2.24, 2.45) is 17.8 Å². The van der Waals surface area contributed by atoms with Crippen LogP contribution in [0.5, 0.6) is 5.75 Å². The van der Waals surface area contributed by atoms with Crippen molar-refractivity contribution < 1.29 is 29.0 Å². The predicted octanol–water partition coefficient (Wildman–Crippen LogP) is 4.43. The molecule has 5 rings (SSSR count). The third kappa shape index (κ3) is 5.33. The maximum absolute atomic E-state index is 14.4. The van der Waals surface area contributed by atoms with Crippen LogP contribution in [-0.2, 0) is 19.1 Å². The monoisotopic (exact) mass is 641 g/mol. The van der Waals surface area contributed by atoms with Crippen LogP contribution in [-0.4, -0.2) is 69.6 Å². The van der Waals surface area contributed by atoms with Gasteiger partial charge in [0.2, 0.25) is 17.7 Å². The number of likely N-dealkylation sites (tertiary alicyclic amines) is 1. The van der Waals surface area contributed by atoms with Gasteiger partial charge in [-0.25, -0.2) is 0 Å². The number of carbonyl (C=O) groups excluding carboxylic acids is 3. The SMILES string of the molecule is CCOc1ccc(NC(=O)[C@H]2[C@@H]3OC4(CC3Br)C(C(=O)Nc3cc(C)ccc3C)N([C@@H](CO)CC(C)C)C(=O)[C@H]24)cc1. The Morgan fingerprint density at radius 1 is 1.14 bits per heavy atom. The minimum Gasteiger partial charge on any atom is -0.494 e. The molecule has 1 spiro atoms. The zero-order valence-electron chi connectivity index (χ0n) is 24.7. The summed E-state index contributed by atoms with van der Waals surface area (Å²) in [6.07, 6.45) is 0.308. The predicted molar refractivity (Wildman–Crippen MR) is 164 cm³/mol. The second-order valence-corrected chi connectivity index (χ2v) is 13.3. The Morgan fingerprint density at radius 2 is 1.86 bits per heavy atom. The van der Waals surface area contributed by atoms with Crippen molar-refractivity contribution in [2.45, 2.75) is 76.1 Å². The summed E-state index contributed by atoms with van der Waals surface area (Å²) in [5.41, 5.74) is 1.89. The van der Waals surface area contributed by atoms with Gasteiger partial charge >= 0.3 is 0 Å². The number of alkyl halides is 1. The van der Waals surface area contributed by atoms with Crippen molar-refractivity contribution in [1.82, 2.24) is 4.90 Å². The van der Waals surface area contributed by atoms with E-state index in [1.165, 1.54) is 4.90 Å². The molecule has 226 valence electrons. The summed E-state index contributed by atoms with van der Waals surface area (Å²) in [5, 5.41) is 16.5. The average molecular weight is 643 g/mol. The van der Waals surface area contributed by atoms with E-state index in [9.17, 15) is 19.5 Å². The molecule has 2 bridgehead atoms. The number of benzene rings is 2. The van der Waals surface area contributed by atoms with Crippen molar-refractivity contribution in [1.29, 1.82) is 0 Å². The number of ether oxygens (including phenoxy) is 2. The second-order valence-electron chi connectivity index (χ2n) is 12.1. The fourth-order valence-corrected chi connectivity index (χ4v) is 7.92. The number of nitrogens with zero attached hydrogens (tertiary/aromatic N) is 1. The Bertz CT molecular complexity index is 1350. The maximum atomic E-state index is 14.4. The molecule has 3 heterocycles. The molecule has 0 aromatic heterocycles. The highest BCUT2D eigenvalue weighted by Crippen LogP contribution is 2.60. The van der Waals surface area contributed by atoms with Crippen molar-refractivity contribution in [3.8, 4) is 5.75 Å². The summed E-state index contributed by atoms with van der Waals surface area (Å²) in [6.45, 7) is 10.0. The summed E-state index contributed by atoms with van der Waals surface area (Å²) in [5.74, 6) is -1.88. The molecular formula is C32H40BrN3O6. The fourth-order valence-electron chi connectivity index (χ4n) is 6.98. The first kappa shape index (κ1) is 30.5. The minimum atomic E-state index is -1.22. The fraction of sp³-hybridized carbons (Fsp3) is 0.531. The van der Waals surface area contributed by atoms with E-state index in [1.807, 2.05) is 52.8 Å². The number of hydrogen-bond acceptors (Lipinski definition) is 6. The molecular weight excluding hydrogens is 602 g/mol. The summed E-state index contributed by atoms with van der Waals surface area (Å²) in [4.78, 5) is 43.7. The van der Waals surface area contributed by atoms with E-state index in [0.29, 0.717) is 36.6 Å². The van der Waals surface area contributed by atoms with E-state index in [-0.39, 0.29) is 35.1 Å². The lowest BCUT2D eigenvalue weighted by Gasteiger charge is -2.37. The Kier molecular flexibility index (Phi) is 8.70. The smallest absolute Gasteiger partial charge is 0.250 e. The molecule has 3 unspecified atom stereocenters. The Hall–Kier alpha value is -2.95. The number of aryl methyl sites for hydroxylation is 2. The molecule has 0 aliphatic carbocycles. The quantitative estimate of drug-likeness (QED) is 0.330. The molecule has 3 saturated heterocycles. The van der Waals surface area contributed by atoms with Gasteiger partial charge in [-0.1, -0.05) is 41.9 Å². The van der Waals surface area contributed by atoms with Crippen LogP contribution in [0.4, 0.5) is 11.4 Å². The molecule has 2 aromatic rings. The lowest BCUT2D eigenvalue weighted by atomic mass is 9.70. The van der Waals surface area contributed by atoms with Crippen LogP contribution >= 0.6 is 15.9 Å². The van der Waals surface area contributed by atoms with E-state index >= 15 is 0 Å². The molecule has 3 amide bonds. The van der Waals surface area contributed by atoms with Gasteiger partial charge in [-0.2, -0.15) is 0 Å². The zero-order valence-corrected chi connectivity index (χ0v) is 26.3. The van der Waals surface area contributed by atoms with Crippen LogP contribution in [0.1, 0.15) is 44.7 Å². The van der Waals surface area contributed by atoms with Gasteiger partial charge in [0.25, 0.3) is 0 Å². The maximum Gasteiger partial charge on any atom is 0.250 e. The van der Waals surface area contributed by atoms with Gasteiger partial charge in [0.15, 0.2) is 0 Å². The first-order valence-corrected chi connectivity index (χ1v) is 15.6. The van der Waals surface area contributed by atoms with Gasteiger partial charge < -0.3 is 30.1 Å². The third-order valence-corrected chi connectivity index (χ3v) is 9.55. The number of amides is 3. The number of halogens is 1. The number of fused-ring (bicyclic) bond motifs is 1. The molecule has 3 N–H and O–H groups in total. The Labute approximate surface area is 255 Å². The largest absolute Gasteiger partial charge is 0.494 e. The van der Waals surface area contributed by atoms with Crippen LogP contribution in [0.2, 0.25) is 0 Å². The average Bonchev–Trinajstić information content (AvgIpc) is 3.53.